The zero-order valence-electron chi connectivity index (χ0n) is 13.8. The fourth-order valence-electron chi connectivity index (χ4n) is 3.06. The highest BCUT2D eigenvalue weighted by atomic mass is 16.5. The van der Waals surface area contributed by atoms with Crippen molar-refractivity contribution in [3.05, 3.63) is 23.8 Å². The van der Waals surface area contributed by atoms with Crippen molar-refractivity contribution in [2.24, 2.45) is 0 Å². The minimum Gasteiger partial charge on any atom is -0.497 e. The standard InChI is InChI=1S/C17H28N2O2/c1-12-10-14(8-9-19(12)3)18-13(2)16-7-6-15(20-4)11-17(16)21-5/h6-7,11-14,18H,8-10H2,1-5H3. The quantitative estimate of drug-likeness (QED) is 0.905. The van der Waals surface area contributed by atoms with Gasteiger partial charge in [-0.25, -0.2) is 0 Å². The molecule has 0 bridgehead atoms. The van der Waals surface area contributed by atoms with Gasteiger partial charge in [0, 0.05) is 29.8 Å². The molecule has 118 valence electrons. The molecule has 0 amide bonds. The molecule has 4 nitrogen and oxygen atoms in total. The summed E-state index contributed by atoms with van der Waals surface area (Å²) in [6.07, 6.45) is 2.39. The average molecular weight is 292 g/mol. The van der Waals surface area contributed by atoms with Crippen LogP contribution in [0.3, 0.4) is 0 Å². The van der Waals surface area contributed by atoms with Crippen LogP contribution >= 0.6 is 0 Å². The van der Waals surface area contributed by atoms with Crippen LogP contribution < -0.4 is 14.8 Å². The van der Waals surface area contributed by atoms with Crippen LogP contribution in [0, 0.1) is 0 Å². The van der Waals surface area contributed by atoms with Crippen molar-refractivity contribution in [2.75, 3.05) is 27.8 Å². The van der Waals surface area contributed by atoms with Gasteiger partial charge in [0.1, 0.15) is 11.5 Å². The van der Waals surface area contributed by atoms with Gasteiger partial charge in [-0.15, -0.1) is 0 Å². The molecule has 0 aromatic heterocycles. The molecule has 1 saturated heterocycles. The second kappa shape index (κ2) is 7.14. The fraction of sp³-hybridized carbons (Fsp3) is 0.647. The fourth-order valence-corrected chi connectivity index (χ4v) is 3.06. The summed E-state index contributed by atoms with van der Waals surface area (Å²) < 4.78 is 10.8. The van der Waals surface area contributed by atoms with Crippen molar-refractivity contribution < 1.29 is 9.47 Å². The molecule has 3 atom stereocenters. The van der Waals surface area contributed by atoms with Gasteiger partial charge in [0.15, 0.2) is 0 Å². The predicted molar refractivity (Wildman–Crippen MR) is 86.2 cm³/mol. The van der Waals surface area contributed by atoms with Crippen molar-refractivity contribution in [3.8, 4) is 11.5 Å². The number of hydrogen-bond acceptors (Lipinski definition) is 4. The zero-order valence-corrected chi connectivity index (χ0v) is 13.8. The highest BCUT2D eigenvalue weighted by Crippen LogP contribution is 2.30. The number of benzene rings is 1. The van der Waals surface area contributed by atoms with Crippen LogP contribution in [0.15, 0.2) is 18.2 Å². The lowest BCUT2D eigenvalue weighted by Crippen LogP contribution is -2.46. The topological polar surface area (TPSA) is 33.7 Å². The maximum Gasteiger partial charge on any atom is 0.127 e. The first-order valence-electron chi connectivity index (χ1n) is 7.73. The van der Waals surface area contributed by atoms with Crippen molar-refractivity contribution in [1.29, 1.82) is 0 Å². The first-order chi connectivity index (χ1) is 10.0. The van der Waals surface area contributed by atoms with Crippen LogP contribution in [0.25, 0.3) is 0 Å². The van der Waals surface area contributed by atoms with E-state index in [0.29, 0.717) is 12.1 Å². The van der Waals surface area contributed by atoms with E-state index in [0.717, 1.165) is 18.0 Å². The average Bonchev–Trinajstić information content (AvgIpc) is 2.50. The molecule has 21 heavy (non-hydrogen) atoms. The van der Waals surface area contributed by atoms with Gasteiger partial charge >= 0.3 is 0 Å². The monoisotopic (exact) mass is 292 g/mol. The number of nitrogens with one attached hydrogen (secondary N) is 1. The van der Waals surface area contributed by atoms with E-state index in [-0.39, 0.29) is 6.04 Å². The Hall–Kier alpha value is -1.26. The van der Waals surface area contributed by atoms with Gasteiger partial charge in [0.2, 0.25) is 0 Å². The Morgan fingerprint density at radius 3 is 2.67 bits per heavy atom. The third-order valence-corrected chi connectivity index (χ3v) is 4.60. The van der Waals surface area contributed by atoms with Gasteiger partial charge < -0.3 is 19.7 Å². The Labute approximate surface area is 128 Å². The van der Waals surface area contributed by atoms with E-state index >= 15 is 0 Å². The van der Waals surface area contributed by atoms with Crippen LogP contribution in [0.2, 0.25) is 0 Å². The largest absolute Gasteiger partial charge is 0.497 e. The summed E-state index contributed by atoms with van der Waals surface area (Å²) in [6, 6.07) is 7.51. The summed E-state index contributed by atoms with van der Waals surface area (Å²) in [7, 11) is 5.59. The molecule has 0 saturated carbocycles. The highest BCUT2D eigenvalue weighted by Gasteiger charge is 2.24. The Morgan fingerprint density at radius 1 is 1.29 bits per heavy atom. The molecule has 2 rings (SSSR count). The molecule has 0 aliphatic carbocycles. The molecule has 1 N–H and O–H groups in total. The lowest BCUT2D eigenvalue weighted by atomic mass is 9.97. The maximum absolute atomic E-state index is 5.51. The first-order valence-corrected chi connectivity index (χ1v) is 7.73. The minimum absolute atomic E-state index is 0.270. The number of likely N-dealkylation sites (tertiary alicyclic amines) is 1. The smallest absolute Gasteiger partial charge is 0.127 e. The predicted octanol–water partition coefficient (Wildman–Crippen LogP) is 2.84. The van der Waals surface area contributed by atoms with Crippen LogP contribution in [0.1, 0.15) is 38.3 Å². The normalized spacial score (nSPS) is 24.6. The molecule has 1 aliphatic rings. The summed E-state index contributed by atoms with van der Waals surface area (Å²) in [4.78, 5) is 2.43. The lowest BCUT2D eigenvalue weighted by molar-refractivity contribution is 0.163. The van der Waals surface area contributed by atoms with Crippen molar-refractivity contribution in [3.63, 3.8) is 0 Å². The second-order valence-electron chi connectivity index (χ2n) is 6.05. The van der Waals surface area contributed by atoms with E-state index in [1.165, 1.54) is 18.4 Å². The molecule has 1 fully saturated rings. The van der Waals surface area contributed by atoms with E-state index in [1.807, 2.05) is 12.1 Å². The second-order valence-corrected chi connectivity index (χ2v) is 6.05. The van der Waals surface area contributed by atoms with Gasteiger partial charge in [0.05, 0.1) is 14.2 Å². The van der Waals surface area contributed by atoms with Crippen LogP contribution in [0.4, 0.5) is 0 Å². The molecule has 1 aromatic carbocycles. The molecule has 0 radical (unpaired) electrons. The van der Waals surface area contributed by atoms with Crippen molar-refractivity contribution in [1.82, 2.24) is 10.2 Å². The zero-order chi connectivity index (χ0) is 15.4. The lowest BCUT2D eigenvalue weighted by Gasteiger charge is -2.37. The molecule has 4 heteroatoms. The number of hydrogen-bond donors (Lipinski definition) is 1. The van der Waals surface area contributed by atoms with Crippen LogP contribution in [-0.2, 0) is 0 Å². The third-order valence-electron chi connectivity index (χ3n) is 4.60. The molecule has 1 aromatic rings. The molecular weight excluding hydrogens is 264 g/mol. The van der Waals surface area contributed by atoms with Crippen molar-refractivity contribution >= 4 is 0 Å². The SMILES string of the molecule is COc1ccc(C(C)NC2CCN(C)C(C)C2)c(OC)c1. The molecule has 1 heterocycles. The number of methoxy groups -OCH3 is 2. The summed E-state index contributed by atoms with van der Waals surface area (Å²) in [5, 5.41) is 3.75. The number of rotatable bonds is 5. The highest BCUT2D eigenvalue weighted by molar-refractivity contribution is 5.42. The Balaban J connectivity index is 2.04. The Kier molecular flexibility index (Phi) is 5.48. The third kappa shape index (κ3) is 3.89. The van der Waals surface area contributed by atoms with E-state index < -0.39 is 0 Å². The summed E-state index contributed by atoms with van der Waals surface area (Å²) >= 11 is 0. The maximum atomic E-state index is 5.51. The number of nitrogens with zero attached hydrogens (tertiary/aromatic N) is 1. The minimum atomic E-state index is 0.270. The first kappa shape index (κ1) is 16.1. The van der Waals surface area contributed by atoms with Gasteiger partial charge in [-0.2, -0.15) is 0 Å². The van der Waals surface area contributed by atoms with Gasteiger partial charge in [-0.1, -0.05) is 6.07 Å². The van der Waals surface area contributed by atoms with Crippen LogP contribution in [0.5, 0.6) is 11.5 Å². The van der Waals surface area contributed by atoms with Gasteiger partial charge in [-0.3, -0.25) is 0 Å². The molecule has 0 spiro atoms. The molecular formula is C17H28N2O2. The molecule has 1 aliphatic heterocycles. The number of piperidine rings is 1. The van der Waals surface area contributed by atoms with E-state index in [4.69, 9.17) is 9.47 Å². The summed E-state index contributed by atoms with van der Waals surface area (Å²) in [6.45, 7) is 5.66. The Morgan fingerprint density at radius 2 is 2.05 bits per heavy atom. The Bertz CT molecular complexity index is 464. The van der Waals surface area contributed by atoms with Crippen LogP contribution in [-0.4, -0.2) is 44.8 Å². The number of ether oxygens (including phenoxy) is 2. The van der Waals surface area contributed by atoms with Gasteiger partial charge in [-0.05, 0) is 46.3 Å². The summed E-state index contributed by atoms with van der Waals surface area (Å²) in [5.41, 5.74) is 1.19. The van der Waals surface area contributed by atoms with E-state index in [9.17, 15) is 0 Å². The summed E-state index contributed by atoms with van der Waals surface area (Å²) in [5.74, 6) is 1.71. The molecule has 3 unspecified atom stereocenters. The van der Waals surface area contributed by atoms with E-state index in [1.54, 1.807) is 14.2 Å². The van der Waals surface area contributed by atoms with Crippen molar-refractivity contribution in [2.45, 2.75) is 44.8 Å². The van der Waals surface area contributed by atoms with E-state index in [2.05, 4.69) is 37.2 Å². The van der Waals surface area contributed by atoms with Gasteiger partial charge in [0.25, 0.3) is 0 Å².